The Morgan fingerprint density at radius 3 is 2.54 bits per heavy atom. The fourth-order valence-corrected chi connectivity index (χ4v) is 1.16. The number of amides is 2. The molecule has 5 heteroatoms. The lowest BCUT2D eigenvalue weighted by Crippen LogP contribution is -2.47. The Morgan fingerprint density at radius 1 is 1.54 bits per heavy atom. The second kappa shape index (κ2) is 4.11. The van der Waals surface area contributed by atoms with Crippen molar-refractivity contribution in [1.82, 2.24) is 10.6 Å². The van der Waals surface area contributed by atoms with Crippen LogP contribution in [0.25, 0.3) is 0 Å². The summed E-state index contributed by atoms with van der Waals surface area (Å²) in [5.74, 6) is -0.825. The van der Waals surface area contributed by atoms with Crippen molar-refractivity contribution in [3.8, 4) is 0 Å². The molecule has 0 aliphatic heterocycles. The zero-order valence-corrected chi connectivity index (χ0v) is 7.54. The van der Waals surface area contributed by atoms with E-state index in [2.05, 4.69) is 10.6 Å². The first-order valence-electron chi connectivity index (χ1n) is 4.42. The highest BCUT2D eigenvalue weighted by molar-refractivity contribution is 5.82. The SMILES string of the molecule is CCNC(=O)NC(C(=O)O)C1CC1. The summed E-state index contributed by atoms with van der Waals surface area (Å²) in [6, 6.07) is -1.12. The molecule has 1 aliphatic carbocycles. The maximum absolute atomic E-state index is 11.0. The van der Waals surface area contributed by atoms with Crippen LogP contribution >= 0.6 is 0 Å². The molecule has 0 heterocycles. The molecule has 1 atom stereocenters. The van der Waals surface area contributed by atoms with E-state index >= 15 is 0 Å². The average molecular weight is 186 g/mol. The van der Waals surface area contributed by atoms with Crippen molar-refractivity contribution in [2.24, 2.45) is 5.92 Å². The maximum Gasteiger partial charge on any atom is 0.326 e. The number of carboxylic acids is 1. The first kappa shape index (κ1) is 9.83. The highest BCUT2D eigenvalue weighted by atomic mass is 16.4. The molecule has 1 aliphatic rings. The molecule has 2 amide bonds. The molecule has 0 radical (unpaired) electrons. The molecular weight excluding hydrogens is 172 g/mol. The van der Waals surface area contributed by atoms with E-state index < -0.39 is 18.0 Å². The quantitative estimate of drug-likeness (QED) is 0.585. The van der Waals surface area contributed by atoms with Gasteiger partial charge in [-0.1, -0.05) is 0 Å². The summed E-state index contributed by atoms with van der Waals surface area (Å²) in [6.45, 7) is 2.29. The smallest absolute Gasteiger partial charge is 0.326 e. The van der Waals surface area contributed by atoms with Gasteiger partial charge in [0.1, 0.15) is 6.04 Å². The molecular formula is C8H14N2O3. The lowest BCUT2D eigenvalue weighted by atomic mass is 10.2. The topological polar surface area (TPSA) is 78.4 Å². The van der Waals surface area contributed by atoms with E-state index in [0.717, 1.165) is 12.8 Å². The largest absolute Gasteiger partial charge is 0.480 e. The maximum atomic E-state index is 11.0. The molecule has 1 unspecified atom stereocenters. The fourth-order valence-electron chi connectivity index (χ4n) is 1.16. The molecule has 0 aromatic rings. The van der Waals surface area contributed by atoms with Crippen LogP contribution in [-0.4, -0.2) is 29.7 Å². The van der Waals surface area contributed by atoms with Crippen molar-refractivity contribution in [2.45, 2.75) is 25.8 Å². The van der Waals surface area contributed by atoms with Crippen molar-refractivity contribution in [3.05, 3.63) is 0 Å². The van der Waals surface area contributed by atoms with Crippen LogP contribution in [0, 0.1) is 5.92 Å². The molecule has 0 saturated heterocycles. The Bertz CT molecular complexity index is 213. The molecule has 5 nitrogen and oxygen atoms in total. The van der Waals surface area contributed by atoms with Crippen molar-refractivity contribution in [3.63, 3.8) is 0 Å². The Balaban J connectivity index is 2.37. The summed E-state index contributed by atoms with van der Waals surface area (Å²) in [5, 5.41) is 13.7. The minimum atomic E-state index is -0.950. The molecule has 1 fully saturated rings. The van der Waals surface area contributed by atoms with Crippen LogP contribution in [0.5, 0.6) is 0 Å². The van der Waals surface area contributed by atoms with E-state index in [0.29, 0.717) is 6.54 Å². The minimum Gasteiger partial charge on any atom is -0.480 e. The van der Waals surface area contributed by atoms with Crippen molar-refractivity contribution >= 4 is 12.0 Å². The Kier molecular flexibility index (Phi) is 3.11. The number of carboxylic acid groups (broad SMARTS) is 1. The number of carbonyl (C=O) groups is 2. The van der Waals surface area contributed by atoms with Gasteiger partial charge in [-0.25, -0.2) is 9.59 Å². The summed E-state index contributed by atoms with van der Waals surface area (Å²) < 4.78 is 0. The van der Waals surface area contributed by atoms with Crippen LogP contribution in [0.2, 0.25) is 0 Å². The van der Waals surface area contributed by atoms with E-state index in [1.165, 1.54) is 0 Å². The molecule has 0 aromatic heterocycles. The average Bonchev–Trinajstić information content (AvgIpc) is 2.82. The van der Waals surface area contributed by atoms with Gasteiger partial charge in [-0.2, -0.15) is 0 Å². The van der Waals surface area contributed by atoms with Crippen molar-refractivity contribution in [1.29, 1.82) is 0 Å². The van der Waals surface area contributed by atoms with E-state index in [4.69, 9.17) is 5.11 Å². The first-order valence-corrected chi connectivity index (χ1v) is 4.42. The minimum absolute atomic E-state index is 0.125. The number of rotatable bonds is 4. The molecule has 0 aromatic carbocycles. The van der Waals surface area contributed by atoms with E-state index in [-0.39, 0.29) is 5.92 Å². The van der Waals surface area contributed by atoms with Crippen molar-refractivity contribution in [2.75, 3.05) is 6.54 Å². The van der Waals surface area contributed by atoms with Crippen LogP contribution in [0.4, 0.5) is 4.79 Å². The molecule has 0 spiro atoms. The Labute approximate surface area is 76.5 Å². The van der Waals surface area contributed by atoms with Crippen LogP contribution in [0.1, 0.15) is 19.8 Å². The van der Waals surface area contributed by atoms with E-state index in [1.807, 2.05) is 0 Å². The lowest BCUT2D eigenvalue weighted by Gasteiger charge is -2.13. The molecule has 1 saturated carbocycles. The van der Waals surface area contributed by atoms with Gasteiger partial charge in [0.05, 0.1) is 0 Å². The van der Waals surface area contributed by atoms with Gasteiger partial charge in [0.2, 0.25) is 0 Å². The first-order chi connectivity index (χ1) is 6.15. The van der Waals surface area contributed by atoms with Crippen molar-refractivity contribution < 1.29 is 14.7 Å². The summed E-state index contributed by atoms with van der Waals surface area (Å²) in [6.07, 6.45) is 1.78. The molecule has 13 heavy (non-hydrogen) atoms. The normalized spacial score (nSPS) is 17.6. The predicted molar refractivity (Wildman–Crippen MR) is 46.4 cm³/mol. The number of nitrogens with one attached hydrogen (secondary N) is 2. The predicted octanol–water partition coefficient (Wildman–Crippen LogP) is 0.169. The van der Waals surface area contributed by atoms with Crippen LogP contribution in [0.3, 0.4) is 0 Å². The zero-order chi connectivity index (χ0) is 9.84. The highest BCUT2D eigenvalue weighted by Gasteiger charge is 2.37. The van der Waals surface area contributed by atoms with Crippen LogP contribution < -0.4 is 10.6 Å². The second-order valence-corrected chi connectivity index (χ2v) is 3.16. The summed E-state index contributed by atoms with van der Waals surface area (Å²) in [4.78, 5) is 21.7. The highest BCUT2D eigenvalue weighted by Crippen LogP contribution is 2.32. The van der Waals surface area contributed by atoms with Gasteiger partial charge in [0, 0.05) is 6.54 Å². The summed E-state index contributed by atoms with van der Waals surface area (Å²) >= 11 is 0. The molecule has 3 N–H and O–H groups in total. The van der Waals surface area contributed by atoms with Gasteiger partial charge in [-0.15, -0.1) is 0 Å². The molecule has 74 valence electrons. The van der Waals surface area contributed by atoms with E-state index in [1.54, 1.807) is 6.92 Å². The fraction of sp³-hybridized carbons (Fsp3) is 0.750. The number of aliphatic carboxylic acids is 1. The van der Waals surface area contributed by atoms with Gasteiger partial charge in [-0.3, -0.25) is 0 Å². The molecule has 0 bridgehead atoms. The number of hydrogen-bond donors (Lipinski definition) is 3. The summed E-state index contributed by atoms with van der Waals surface area (Å²) in [7, 11) is 0. The van der Waals surface area contributed by atoms with Crippen LogP contribution in [0.15, 0.2) is 0 Å². The number of urea groups is 1. The zero-order valence-electron chi connectivity index (χ0n) is 7.54. The Morgan fingerprint density at radius 2 is 2.15 bits per heavy atom. The van der Waals surface area contributed by atoms with Gasteiger partial charge >= 0.3 is 12.0 Å². The Hall–Kier alpha value is -1.26. The number of carbonyl (C=O) groups excluding carboxylic acids is 1. The van der Waals surface area contributed by atoms with Gasteiger partial charge in [-0.05, 0) is 25.7 Å². The summed E-state index contributed by atoms with van der Waals surface area (Å²) in [5.41, 5.74) is 0. The third kappa shape index (κ3) is 2.93. The third-order valence-electron chi connectivity index (χ3n) is 1.98. The van der Waals surface area contributed by atoms with E-state index in [9.17, 15) is 9.59 Å². The van der Waals surface area contributed by atoms with Gasteiger partial charge < -0.3 is 15.7 Å². The molecule has 1 rings (SSSR count). The standard InChI is InChI=1S/C8H14N2O3/c1-2-9-8(13)10-6(7(11)12)5-3-4-5/h5-6H,2-4H2,1H3,(H,11,12)(H2,9,10,13). The second-order valence-electron chi connectivity index (χ2n) is 3.16. The number of hydrogen-bond acceptors (Lipinski definition) is 2. The van der Waals surface area contributed by atoms with Gasteiger partial charge in [0.15, 0.2) is 0 Å². The van der Waals surface area contributed by atoms with Gasteiger partial charge in [0.25, 0.3) is 0 Å². The third-order valence-corrected chi connectivity index (χ3v) is 1.98. The monoisotopic (exact) mass is 186 g/mol. The lowest BCUT2D eigenvalue weighted by molar-refractivity contribution is -0.139. The van der Waals surface area contributed by atoms with Crippen LogP contribution in [-0.2, 0) is 4.79 Å².